The van der Waals surface area contributed by atoms with Crippen molar-refractivity contribution in [3.8, 4) is 0 Å². The summed E-state index contributed by atoms with van der Waals surface area (Å²) >= 11 is 1.68. The van der Waals surface area contributed by atoms with Gasteiger partial charge in [-0.05, 0) is 26.0 Å². The highest BCUT2D eigenvalue weighted by atomic mass is 32.1. The van der Waals surface area contributed by atoms with Gasteiger partial charge in [0.15, 0.2) is 0 Å². The van der Waals surface area contributed by atoms with Gasteiger partial charge >= 0.3 is 0 Å². The molecular weight excluding hydrogens is 260 g/mol. The van der Waals surface area contributed by atoms with Gasteiger partial charge in [0.1, 0.15) is 6.04 Å². The van der Waals surface area contributed by atoms with Gasteiger partial charge in [0.05, 0.1) is 12.2 Å². The first kappa shape index (κ1) is 13.8. The molecular formula is C13H18N4OS. The molecule has 0 saturated carbocycles. The Morgan fingerprint density at radius 2 is 2.26 bits per heavy atom. The summed E-state index contributed by atoms with van der Waals surface area (Å²) in [7, 11) is 1.80. The molecule has 0 saturated heterocycles. The molecule has 19 heavy (non-hydrogen) atoms. The number of hydrogen-bond donors (Lipinski definition) is 2. The molecule has 2 aromatic rings. The van der Waals surface area contributed by atoms with Crippen LogP contribution in [0.1, 0.15) is 34.3 Å². The average Bonchev–Trinajstić information content (AvgIpc) is 2.97. The third-order valence-electron chi connectivity index (χ3n) is 2.91. The van der Waals surface area contributed by atoms with Crippen molar-refractivity contribution in [2.24, 2.45) is 12.8 Å². The van der Waals surface area contributed by atoms with Crippen molar-refractivity contribution in [1.82, 2.24) is 15.1 Å². The van der Waals surface area contributed by atoms with E-state index in [1.165, 1.54) is 4.88 Å². The van der Waals surface area contributed by atoms with Crippen LogP contribution in [0.15, 0.2) is 24.5 Å². The number of carbonyl (C=O) groups excluding carboxylic acids is 1. The van der Waals surface area contributed by atoms with Gasteiger partial charge in [-0.25, -0.2) is 0 Å². The van der Waals surface area contributed by atoms with Crippen LogP contribution in [0.2, 0.25) is 0 Å². The molecule has 0 bridgehead atoms. The van der Waals surface area contributed by atoms with Gasteiger partial charge in [-0.2, -0.15) is 5.10 Å². The second-order valence-electron chi connectivity index (χ2n) is 4.60. The number of aryl methyl sites for hydroxylation is 2. The van der Waals surface area contributed by atoms with Gasteiger partial charge in [-0.15, -0.1) is 11.3 Å². The van der Waals surface area contributed by atoms with Crippen molar-refractivity contribution in [1.29, 1.82) is 0 Å². The Morgan fingerprint density at radius 3 is 2.79 bits per heavy atom. The summed E-state index contributed by atoms with van der Waals surface area (Å²) in [5.74, 6) is -0.188. The van der Waals surface area contributed by atoms with Crippen molar-refractivity contribution in [3.63, 3.8) is 0 Å². The van der Waals surface area contributed by atoms with Gasteiger partial charge in [-0.3, -0.25) is 9.48 Å². The van der Waals surface area contributed by atoms with Crippen LogP contribution in [0, 0.1) is 6.92 Å². The second kappa shape index (κ2) is 5.54. The number of nitrogens with one attached hydrogen (secondary N) is 1. The molecule has 0 aliphatic carbocycles. The van der Waals surface area contributed by atoms with Crippen LogP contribution >= 0.6 is 11.3 Å². The van der Waals surface area contributed by atoms with Crippen molar-refractivity contribution < 1.29 is 4.79 Å². The van der Waals surface area contributed by atoms with E-state index in [0.717, 1.165) is 10.4 Å². The molecule has 2 atom stereocenters. The minimum atomic E-state index is -0.683. The van der Waals surface area contributed by atoms with Crippen LogP contribution in [0.3, 0.4) is 0 Å². The van der Waals surface area contributed by atoms with Crippen LogP contribution in [0.5, 0.6) is 0 Å². The normalized spacial score (nSPS) is 14.1. The predicted octanol–water partition coefficient (Wildman–Crippen LogP) is 1.67. The summed E-state index contributed by atoms with van der Waals surface area (Å²) in [5, 5.41) is 6.95. The van der Waals surface area contributed by atoms with Crippen LogP contribution < -0.4 is 11.1 Å². The lowest BCUT2D eigenvalue weighted by molar-refractivity contribution is -0.123. The number of hydrogen-bond acceptors (Lipinski definition) is 4. The van der Waals surface area contributed by atoms with Crippen LogP contribution in [-0.4, -0.2) is 15.7 Å². The Hall–Kier alpha value is -1.66. The third-order valence-corrected chi connectivity index (χ3v) is 4.10. The molecule has 0 fully saturated rings. The summed E-state index contributed by atoms with van der Waals surface area (Å²) < 4.78 is 1.63. The molecule has 6 heteroatoms. The first-order valence-corrected chi connectivity index (χ1v) is 6.90. The fourth-order valence-electron chi connectivity index (χ4n) is 1.81. The molecule has 2 rings (SSSR count). The van der Waals surface area contributed by atoms with E-state index in [4.69, 9.17) is 5.73 Å². The minimum absolute atomic E-state index is 0.0334. The second-order valence-corrected chi connectivity index (χ2v) is 5.92. The van der Waals surface area contributed by atoms with Crippen molar-refractivity contribution in [3.05, 3.63) is 39.8 Å². The molecule has 2 heterocycles. The lowest BCUT2D eigenvalue weighted by atomic mass is 10.1. The van der Waals surface area contributed by atoms with E-state index in [1.54, 1.807) is 35.5 Å². The highest BCUT2D eigenvalue weighted by molar-refractivity contribution is 7.12. The Bertz CT molecular complexity index is 575. The first-order valence-electron chi connectivity index (χ1n) is 6.08. The molecule has 0 aromatic carbocycles. The number of nitrogens with zero attached hydrogens (tertiary/aromatic N) is 2. The maximum atomic E-state index is 12.1. The van der Waals surface area contributed by atoms with E-state index in [0.29, 0.717) is 0 Å². The van der Waals surface area contributed by atoms with Crippen LogP contribution in [-0.2, 0) is 11.8 Å². The number of nitrogens with two attached hydrogens (primary N) is 1. The molecule has 102 valence electrons. The molecule has 3 N–H and O–H groups in total. The quantitative estimate of drug-likeness (QED) is 0.893. The van der Waals surface area contributed by atoms with E-state index in [2.05, 4.69) is 10.4 Å². The summed E-state index contributed by atoms with van der Waals surface area (Å²) in [6.07, 6.45) is 3.37. The van der Waals surface area contributed by atoms with Crippen LogP contribution in [0.4, 0.5) is 0 Å². The van der Waals surface area contributed by atoms with E-state index in [9.17, 15) is 4.79 Å². The molecule has 2 aromatic heterocycles. The van der Waals surface area contributed by atoms with Gasteiger partial charge in [0.2, 0.25) is 5.91 Å². The van der Waals surface area contributed by atoms with Gasteiger partial charge in [0.25, 0.3) is 0 Å². The van der Waals surface area contributed by atoms with E-state index >= 15 is 0 Å². The fraction of sp³-hybridized carbons (Fsp3) is 0.385. The monoisotopic (exact) mass is 278 g/mol. The van der Waals surface area contributed by atoms with E-state index in [-0.39, 0.29) is 11.9 Å². The molecule has 0 radical (unpaired) electrons. The van der Waals surface area contributed by atoms with Gasteiger partial charge in [-0.1, -0.05) is 0 Å². The largest absolute Gasteiger partial charge is 0.347 e. The number of amides is 1. The molecule has 2 unspecified atom stereocenters. The van der Waals surface area contributed by atoms with Crippen molar-refractivity contribution >= 4 is 17.2 Å². The summed E-state index contributed by atoms with van der Waals surface area (Å²) in [6, 6.07) is 3.36. The topological polar surface area (TPSA) is 72.9 Å². The summed E-state index contributed by atoms with van der Waals surface area (Å²) in [5.41, 5.74) is 6.64. The lowest BCUT2D eigenvalue weighted by Gasteiger charge is -2.15. The number of carbonyl (C=O) groups is 1. The molecule has 5 nitrogen and oxygen atoms in total. The number of rotatable bonds is 4. The Labute approximate surface area is 116 Å². The average molecular weight is 278 g/mol. The smallest absolute Gasteiger partial charge is 0.242 e. The Morgan fingerprint density at radius 1 is 1.53 bits per heavy atom. The van der Waals surface area contributed by atoms with E-state index in [1.807, 2.05) is 26.0 Å². The summed E-state index contributed by atoms with van der Waals surface area (Å²) in [6.45, 7) is 4.00. The first-order chi connectivity index (χ1) is 8.97. The standard InChI is InChI=1S/C13H18N4OS/c1-8-4-5-11(19-8)9(2)16-13(18)12(14)10-6-15-17(3)7-10/h4-7,9,12H,14H2,1-3H3,(H,16,18). The fourth-order valence-corrected chi connectivity index (χ4v) is 2.69. The Balaban J connectivity index is 2.01. The Kier molecular flexibility index (Phi) is 4.01. The van der Waals surface area contributed by atoms with Crippen molar-refractivity contribution in [2.75, 3.05) is 0 Å². The van der Waals surface area contributed by atoms with Crippen LogP contribution in [0.25, 0.3) is 0 Å². The SMILES string of the molecule is Cc1ccc(C(C)NC(=O)C(N)c2cnn(C)c2)s1. The highest BCUT2D eigenvalue weighted by Gasteiger charge is 2.20. The third kappa shape index (κ3) is 3.21. The minimum Gasteiger partial charge on any atom is -0.347 e. The predicted molar refractivity (Wildman–Crippen MR) is 75.8 cm³/mol. The van der Waals surface area contributed by atoms with E-state index < -0.39 is 6.04 Å². The maximum Gasteiger partial charge on any atom is 0.242 e. The zero-order valence-electron chi connectivity index (χ0n) is 11.3. The number of thiophene rings is 1. The van der Waals surface area contributed by atoms with Crippen molar-refractivity contribution in [2.45, 2.75) is 25.9 Å². The number of aromatic nitrogens is 2. The molecule has 0 aliphatic heterocycles. The van der Waals surface area contributed by atoms with Gasteiger partial charge in [0, 0.05) is 28.6 Å². The summed E-state index contributed by atoms with van der Waals surface area (Å²) in [4.78, 5) is 14.4. The maximum absolute atomic E-state index is 12.1. The zero-order chi connectivity index (χ0) is 14.0. The zero-order valence-corrected chi connectivity index (χ0v) is 12.1. The molecule has 1 amide bonds. The molecule has 0 spiro atoms. The lowest BCUT2D eigenvalue weighted by Crippen LogP contribution is -2.35. The highest BCUT2D eigenvalue weighted by Crippen LogP contribution is 2.22. The molecule has 0 aliphatic rings. The van der Waals surface area contributed by atoms with Gasteiger partial charge < -0.3 is 11.1 Å².